The van der Waals surface area contributed by atoms with Gasteiger partial charge in [-0.05, 0) is 48.5 Å². The fourth-order valence-electron chi connectivity index (χ4n) is 2.09. The highest BCUT2D eigenvalue weighted by atomic mass is 35.5. The van der Waals surface area contributed by atoms with Gasteiger partial charge in [0.15, 0.2) is 14.7 Å². The monoisotopic (exact) mass is 410 g/mol. The van der Waals surface area contributed by atoms with Crippen LogP contribution in [0, 0.1) is 0 Å². The number of carbonyl (C=O) groups is 1. The summed E-state index contributed by atoms with van der Waals surface area (Å²) < 4.78 is 31.5. The molecule has 3 aromatic carbocycles. The quantitative estimate of drug-likeness (QED) is 0.585. The Morgan fingerprint density at radius 1 is 0.741 bits per heavy atom. The summed E-state index contributed by atoms with van der Waals surface area (Å²) in [4.78, 5) is 12.7. The van der Waals surface area contributed by atoms with E-state index in [-0.39, 0.29) is 10.9 Å². The van der Waals surface area contributed by atoms with Crippen LogP contribution in [-0.2, 0) is 15.7 Å². The molecule has 0 spiro atoms. The summed E-state index contributed by atoms with van der Waals surface area (Å²) in [6, 6.07) is 29.4. The molecule has 3 rings (SSSR count). The molecule has 0 radical (unpaired) electrons. The van der Waals surface area contributed by atoms with Gasteiger partial charge in [0.2, 0.25) is 0 Å². The van der Waals surface area contributed by atoms with E-state index < -0.39 is 12.1 Å². The fourth-order valence-corrected chi connectivity index (χ4v) is 4.30. The topological polar surface area (TPSA) is 40.1 Å². The number of benzene rings is 3. The number of carbonyl (C=O) groups excluding carboxylic acids is 1. The predicted molar refractivity (Wildman–Crippen MR) is 97.6 cm³/mol. The Balaban J connectivity index is 0.000000321. The van der Waals surface area contributed by atoms with E-state index >= 15 is 0 Å². The molecule has 3 aromatic rings. The SMILES string of the molecule is Clc1ccc([S+](c2ccccc2)c2ccccc2)cc1.O=C([O-])C(F)(F)F. The molecule has 0 saturated carbocycles. The summed E-state index contributed by atoms with van der Waals surface area (Å²) in [5.74, 6) is -3.01. The van der Waals surface area contributed by atoms with Gasteiger partial charge in [-0.15, -0.1) is 0 Å². The number of halogens is 4. The Bertz CT molecular complexity index is 814. The summed E-state index contributed by atoms with van der Waals surface area (Å²) in [5.41, 5.74) is 0. The van der Waals surface area contributed by atoms with Gasteiger partial charge >= 0.3 is 6.18 Å². The van der Waals surface area contributed by atoms with Gasteiger partial charge in [-0.25, -0.2) is 0 Å². The molecule has 27 heavy (non-hydrogen) atoms. The Kier molecular flexibility index (Phi) is 7.33. The molecule has 0 unspecified atom stereocenters. The number of rotatable bonds is 3. The predicted octanol–water partition coefficient (Wildman–Crippen LogP) is 4.73. The van der Waals surface area contributed by atoms with Gasteiger partial charge < -0.3 is 9.90 Å². The lowest BCUT2D eigenvalue weighted by atomic mass is 10.4. The summed E-state index contributed by atoms with van der Waals surface area (Å²) >= 11 is 6.01. The number of alkyl halides is 3. The van der Waals surface area contributed by atoms with Crippen LogP contribution in [0.25, 0.3) is 0 Å². The third-order valence-electron chi connectivity index (χ3n) is 3.24. The van der Waals surface area contributed by atoms with Crippen LogP contribution < -0.4 is 5.11 Å². The van der Waals surface area contributed by atoms with E-state index in [1.807, 2.05) is 12.1 Å². The third kappa shape index (κ3) is 6.34. The van der Waals surface area contributed by atoms with Crippen LogP contribution in [0.15, 0.2) is 99.6 Å². The van der Waals surface area contributed by atoms with Crippen LogP contribution in [0.5, 0.6) is 0 Å². The van der Waals surface area contributed by atoms with Crippen molar-refractivity contribution in [1.82, 2.24) is 0 Å². The second kappa shape index (κ2) is 9.48. The molecule has 0 aliphatic heterocycles. The lowest BCUT2D eigenvalue weighted by molar-refractivity contribution is -0.344. The normalized spacial score (nSPS) is 10.9. The zero-order valence-electron chi connectivity index (χ0n) is 13.8. The van der Waals surface area contributed by atoms with E-state index in [4.69, 9.17) is 21.5 Å². The molecule has 7 heteroatoms. The van der Waals surface area contributed by atoms with Crippen LogP contribution in [0.2, 0.25) is 5.02 Å². The van der Waals surface area contributed by atoms with Crippen LogP contribution in [-0.4, -0.2) is 12.1 Å². The molecular weight excluding hydrogens is 397 g/mol. The number of carboxylic acid groups (broad SMARTS) is 1. The average Bonchev–Trinajstić information content (AvgIpc) is 2.65. The summed E-state index contributed by atoms with van der Waals surface area (Å²) in [6.45, 7) is 0. The van der Waals surface area contributed by atoms with Gasteiger partial charge in [-0.2, -0.15) is 13.2 Å². The first kappa shape index (κ1) is 20.9. The van der Waals surface area contributed by atoms with Crippen LogP contribution in [0.1, 0.15) is 0 Å². The Hall–Kier alpha value is -2.44. The van der Waals surface area contributed by atoms with Crippen molar-refractivity contribution in [2.75, 3.05) is 0 Å². The van der Waals surface area contributed by atoms with Crippen LogP contribution >= 0.6 is 11.6 Å². The van der Waals surface area contributed by atoms with E-state index in [1.165, 1.54) is 14.7 Å². The minimum Gasteiger partial charge on any atom is -0.542 e. The van der Waals surface area contributed by atoms with Crippen molar-refractivity contribution in [3.8, 4) is 0 Å². The van der Waals surface area contributed by atoms with Gasteiger partial charge in [-0.1, -0.05) is 48.0 Å². The van der Waals surface area contributed by atoms with Gasteiger partial charge in [-0.3, -0.25) is 0 Å². The highest BCUT2D eigenvalue weighted by molar-refractivity contribution is 7.97. The number of carboxylic acids is 1. The van der Waals surface area contributed by atoms with Crippen molar-refractivity contribution in [3.05, 3.63) is 90.0 Å². The highest BCUT2D eigenvalue weighted by Gasteiger charge is 2.29. The molecule has 2 nitrogen and oxygen atoms in total. The molecule has 0 saturated heterocycles. The Labute approximate surface area is 162 Å². The lowest BCUT2D eigenvalue weighted by Gasteiger charge is -2.07. The Morgan fingerprint density at radius 2 is 1.07 bits per heavy atom. The minimum absolute atomic E-state index is 0.0815. The van der Waals surface area contributed by atoms with Gasteiger partial charge in [0.25, 0.3) is 0 Å². The largest absolute Gasteiger partial charge is 0.542 e. The van der Waals surface area contributed by atoms with Crippen LogP contribution in [0.3, 0.4) is 0 Å². The number of hydrogen-bond acceptors (Lipinski definition) is 2. The summed E-state index contributed by atoms with van der Waals surface area (Å²) in [5, 5.41) is 9.56. The van der Waals surface area contributed by atoms with Gasteiger partial charge in [0, 0.05) is 5.02 Å². The first-order valence-electron chi connectivity index (χ1n) is 7.67. The molecule has 0 aliphatic rings. The van der Waals surface area contributed by atoms with E-state index in [2.05, 4.69) is 72.8 Å². The van der Waals surface area contributed by atoms with Crippen molar-refractivity contribution in [3.63, 3.8) is 0 Å². The molecule has 0 heterocycles. The summed E-state index contributed by atoms with van der Waals surface area (Å²) in [6.07, 6.45) is -5.19. The Morgan fingerprint density at radius 3 is 1.41 bits per heavy atom. The zero-order chi connectivity index (χ0) is 19.9. The van der Waals surface area contributed by atoms with Crippen molar-refractivity contribution < 1.29 is 23.1 Å². The third-order valence-corrected chi connectivity index (χ3v) is 5.72. The van der Waals surface area contributed by atoms with E-state index in [9.17, 15) is 13.2 Å². The second-order valence-corrected chi connectivity index (χ2v) is 7.63. The average molecular weight is 411 g/mol. The molecule has 0 amide bonds. The maximum absolute atomic E-state index is 10.5. The molecular formula is C20H14ClF3O2S. The smallest absolute Gasteiger partial charge is 0.430 e. The maximum atomic E-state index is 10.5. The fraction of sp³-hybridized carbons (Fsp3) is 0.0500. The second-order valence-electron chi connectivity index (χ2n) is 5.17. The van der Waals surface area contributed by atoms with Crippen molar-refractivity contribution in [2.45, 2.75) is 20.9 Å². The minimum atomic E-state index is -5.19. The summed E-state index contributed by atoms with van der Waals surface area (Å²) in [7, 11) is -0.0815. The zero-order valence-corrected chi connectivity index (χ0v) is 15.4. The maximum Gasteiger partial charge on any atom is 0.430 e. The standard InChI is InChI=1S/C18H14ClS.C2HF3O2/c19-15-11-13-18(14-12-15)20(16-7-3-1-4-8-16)17-9-5-2-6-10-17;3-2(4,5)1(6)7/h1-14H;(H,6,7)/q+1;/p-1. The highest BCUT2D eigenvalue weighted by Crippen LogP contribution is 2.31. The molecule has 0 fully saturated rings. The van der Waals surface area contributed by atoms with Crippen molar-refractivity contribution >= 4 is 28.5 Å². The molecule has 140 valence electrons. The van der Waals surface area contributed by atoms with Gasteiger partial charge in [0.1, 0.15) is 5.97 Å². The number of aliphatic carboxylic acids is 1. The van der Waals surface area contributed by atoms with E-state index in [1.54, 1.807) is 0 Å². The first-order valence-corrected chi connectivity index (χ1v) is 9.27. The molecule has 0 bridgehead atoms. The molecule has 0 atom stereocenters. The van der Waals surface area contributed by atoms with Crippen LogP contribution in [0.4, 0.5) is 13.2 Å². The number of hydrogen-bond donors (Lipinski definition) is 0. The van der Waals surface area contributed by atoms with Gasteiger partial charge in [0.05, 0.1) is 10.9 Å². The molecule has 0 N–H and O–H groups in total. The van der Waals surface area contributed by atoms with E-state index in [0.29, 0.717) is 0 Å². The van der Waals surface area contributed by atoms with Crippen molar-refractivity contribution in [2.24, 2.45) is 0 Å². The van der Waals surface area contributed by atoms with E-state index in [0.717, 1.165) is 5.02 Å². The van der Waals surface area contributed by atoms with Crippen molar-refractivity contribution in [1.29, 1.82) is 0 Å². The molecule has 0 aliphatic carbocycles. The first-order chi connectivity index (χ1) is 12.8. The lowest BCUT2D eigenvalue weighted by Crippen LogP contribution is -2.37. The molecule has 0 aromatic heterocycles.